The van der Waals surface area contributed by atoms with Gasteiger partial charge in [-0.1, -0.05) is 56.3 Å². The first-order chi connectivity index (χ1) is 11.5. The molecule has 2 aromatic carbocycles. The van der Waals surface area contributed by atoms with E-state index >= 15 is 0 Å². The van der Waals surface area contributed by atoms with Crippen molar-refractivity contribution < 1.29 is 8.95 Å². The summed E-state index contributed by atoms with van der Waals surface area (Å²) < 4.78 is 17.4. The lowest BCUT2D eigenvalue weighted by atomic mass is 10.1. The first-order valence-electron chi connectivity index (χ1n) is 8.34. The molecule has 2 aromatic rings. The summed E-state index contributed by atoms with van der Waals surface area (Å²) in [5, 5.41) is 3.52. The van der Waals surface area contributed by atoms with E-state index in [9.17, 15) is 4.21 Å². The van der Waals surface area contributed by atoms with Crippen molar-refractivity contribution in [3.63, 3.8) is 0 Å². The van der Waals surface area contributed by atoms with Crippen LogP contribution in [-0.4, -0.2) is 22.8 Å². The lowest BCUT2D eigenvalue weighted by Gasteiger charge is -2.18. The van der Waals surface area contributed by atoms with E-state index in [0.717, 1.165) is 18.9 Å². The lowest BCUT2D eigenvalue weighted by Crippen LogP contribution is -2.25. The van der Waals surface area contributed by atoms with Gasteiger partial charge in [-0.05, 0) is 29.2 Å². The van der Waals surface area contributed by atoms with Crippen LogP contribution in [0.1, 0.15) is 31.0 Å². The Morgan fingerprint density at radius 3 is 2.29 bits per heavy atom. The fraction of sp³-hybridized carbons (Fsp3) is 0.400. The van der Waals surface area contributed by atoms with E-state index in [-0.39, 0.29) is 6.04 Å². The molecule has 4 heteroatoms. The summed E-state index contributed by atoms with van der Waals surface area (Å²) in [5.41, 5.74) is 2.36. The van der Waals surface area contributed by atoms with Crippen molar-refractivity contribution in [1.29, 1.82) is 0 Å². The van der Waals surface area contributed by atoms with Crippen molar-refractivity contribution in [2.24, 2.45) is 5.92 Å². The molecular weight excluding hydrogens is 318 g/mol. The standard InChI is InChI=1S/C20H27NO2S/c1-16(2)14-23-19-11-9-17(10-12-19)13-21-20(15-24(3)22)18-7-5-4-6-8-18/h4-12,16,20-21H,13-15H2,1-3H3/t20-,24-/m0/s1. The minimum atomic E-state index is -0.847. The molecule has 0 heterocycles. The highest BCUT2D eigenvalue weighted by Crippen LogP contribution is 2.17. The molecule has 0 fully saturated rings. The Kier molecular flexibility index (Phi) is 7.47. The molecule has 2 rings (SSSR count). The molecule has 130 valence electrons. The van der Waals surface area contributed by atoms with Crippen molar-refractivity contribution in [2.75, 3.05) is 18.6 Å². The molecule has 0 radical (unpaired) electrons. The first-order valence-corrected chi connectivity index (χ1v) is 10.1. The van der Waals surface area contributed by atoms with E-state index in [0.29, 0.717) is 11.7 Å². The molecular formula is C20H27NO2S. The van der Waals surface area contributed by atoms with E-state index in [4.69, 9.17) is 4.74 Å². The smallest absolute Gasteiger partial charge is 0.119 e. The van der Waals surface area contributed by atoms with Crippen molar-refractivity contribution in [1.82, 2.24) is 5.32 Å². The molecule has 0 saturated heterocycles. The fourth-order valence-electron chi connectivity index (χ4n) is 2.40. The maximum atomic E-state index is 11.7. The van der Waals surface area contributed by atoms with Gasteiger partial charge in [-0.25, -0.2) is 0 Å². The predicted octanol–water partition coefficient (Wildman–Crippen LogP) is 3.93. The molecule has 0 aliphatic rings. The number of nitrogens with one attached hydrogen (secondary N) is 1. The highest BCUT2D eigenvalue weighted by atomic mass is 32.2. The third kappa shape index (κ3) is 6.46. The summed E-state index contributed by atoms with van der Waals surface area (Å²) in [5.74, 6) is 2.04. The second-order valence-electron chi connectivity index (χ2n) is 6.43. The largest absolute Gasteiger partial charge is 0.493 e. The third-order valence-electron chi connectivity index (χ3n) is 3.66. The minimum absolute atomic E-state index is 0.0916. The summed E-state index contributed by atoms with van der Waals surface area (Å²) in [6, 6.07) is 18.5. The molecule has 3 nitrogen and oxygen atoms in total. The van der Waals surface area contributed by atoms with Crippen molar-refractivity contribution in [2.45, 2.75) is 26.4 Å². The van der Waals surface area contributed by atoms with E-state index in [2.05, 4.69) is 43.4 Å². The molecule has 0 saturated carbocycles. The Labute approximate surface area is 147 Å². The van der Waals surface area contributed by atoms with E-state index in [1.165, 1.54) is 11.1 Å². The van der Waals surface area contributed by atoms with Crippen molar-refractivity contribution >= 4 is 10.8 Å². The third-order valence-corrected chi connectivity index (χ3v) is 4.47. The van der Waals surface area contributed by atoms with E-state index in [1.807, 2.05) is 30.3 Å². The van der Waals surface area contributed by atoms with E-state index < -0.39 is 10.8 Å². The van der Waals surface area contributed by atoms with Gasteiger partial charge in [-0.3, -0.25) is 4.21 Å². The Bertz CT molecular complexity index is 626. The van der Waals surface area contributed by atoms with Crippen LogP contribution in [0.15, 0.2) is 54.6 Å². The van der Waals surface area contributed by atoms with Crippen LogP contribution in [0.25, 0.3) is 0 Å². The van der Waals surface area contributed by atoms with Crippen LogP contribution in [0.5, 0.6) is 5.75 Å². The maximum Gasteiger partial charge on any atom is 0.119 e. The average molecular weight is 346 g/mol. The highest BCUT2D eigenvalue weighted by Gasteiger charge is 2.12. The second-order valence-corrected chi connectivity index (χ2v) is 7.91. The molecule has 0 aliphatic heterocycles. The second kappa shape index (κ2) is 9.60. The summed E-state index contributed by atoms with van der Waals surface area (Å²) >= 11 is 0. The van der Waals surface area contributed by atoms with Gasteiger partial charge < -0.3 is 10.1 Å². The van der Waals surface area contributed by atoms with Crippen molar-refractivity contribution in [3.05, 3.63) is 65.7 Å². The molecule has 1 N–H and O–H groups in total. The zero-order chi connectivity index (χ0) is 17.4. The molecule has 0 aliphatic carbocycles. The van der Waals surface area contributed by atoms with Gasteiger partial charge >= 0.3 is 0 Å². The Morgan fingerprint density at radius 1 is 1.04 bits per heavy atom. The Hall–Kier alpha value is -1.65. The van der Waals surface area contributed by atoms with Crippen LogP contribution in [0.4, 0.5) is 0 Å². The molecule has 0 aromatic heterocycles. The molecule has 0 bridgehead atoms. The molecule has 0 unspecified atom stereocenters. The van der Waals surface area contributed by atoms with Gasteiger partial charge in [0.15, 0.2) is 0 Å². The summed E-state index contributed by atoms with van der Waals surface area (Å²) in [7, 11) is -0.847. The fourth-order valence-corrected chi connectivity index (χ4v) is 3.18. The first kappa shape index (κ1) is 18.7. The predicted molar refractivity (Wildman–Crippen MR) is 102 cm³/mol. The van der Waals surface area contributed by atoms with Gasteiger partial charge in [0.25, 0.3) is 0 Å². The summed E-state index contributed by atoms with van der Waals surface area (Å²) in [6.45, 7) is 5.75. The van der Waals surface area contributed by atoms with E-state index in [1.54, 1.807) is 6.26 Å². The molecule has 0 spiro atoms. The minimum Gasteiger partial charge on any atom is -0.493 e. The monoisotopic (exact) mass is 345 g/mol. The number of rotatable bonds is 9. The normalized spacial score (nSPS) is 13.7. The zero-order valence-electron chi connectivity index (χ0n) is 14.7. The van der Waals surface area contributed by atoms with Crippen LogP contribution < -0.4 is 10.1 Å². The van der Waals surface area contributed by atoms with Gasteiger partial charge in [0.1, 0.15) is 5.75 Å². The van der Waals surface area contributed by atoms with Gasteiger partial charge in [0.2, 0.25) is 0 Å². The van der Waals surface area contributed by atoms with Gasteiger partial charge in [-0.15, -0.1) is 0 Å². The van der Waals surface area contributed by atoms with Gasteiger partial charge in [0.05, 0.1) is 6.61 Å². The summed E-state index contributed by atoms with van der Waals surface area (Å²) in [4.78, 5) is 0. The molecule has 2 atom stereocenters. The summed E-state index contributed by atoms with van der Waals surface area (Å²) in [6.07, 6.45) is 1.75. The maximum absolute atomic E-state index is 11.7. The number of benzene rings is 2. The van der Waals surface area contributed by atoms with Crippen LogP contribution in [0, 0.1) is 5.92 Å². The van der Waals surface area contributed by atoms with Crippen LogP contribution in [0.3, 0.4) is 0 Å². The van der Waals surface area contributed by atoms with Crippen LogP contribution in [0.2, 0.25) is 0 Å². The molecule has 24 heavy (non-hydrogen) atoms. The number of hydrogen-bond acceptors (Lipinski definition) is 3. The topological polar surface area (TPSA) is 38.3 Å². The van der Waals surface area contributed by atoms with Crippen molar-refractivity contribution in [3.8, 4) is 5.75 Å². The van der Waals surface area contributed by atoms with Gasteiger partial charge in [-0.2, -0.15) is 0 Å². The highest BCUT2D eigenvalue weighted by molar-refractivity contribution is 7.84. The van der Waals surface area contributed by atoms with Crippen LogP contribution >= 0.6 is 0 Å². The Balaban J connectivity index is 1.95. The van der Waals surface area contributed by atoms with Gasteiger partial charge in [0, 0.05) is 35.4 Å². The van der Waals surface area contributed by atoms with Crippen LogP contribution in [-0.2, 0) is 17.3 Å². The molecule has 0 amide bonds. The lowest BCUT2D eigenvalue weighted by molar-refractivity contribution is 0.271. The number of ether oxygens (including phenoxy) is 1. The average Bonchev–Trinajstić information content (AvgIpc) is 2.58. The number of hydrogen-bond donors (Lipinski definition) is 1. The zero-order valence-corrected chi connectivity index (χ0v) is 15.5. The SMILES string of the molecule is CC(C)COc1ccc(CN[C@@H](C[S@](C)=O)c2ccccc2)cc1. The quantitative estimate of drug-likeness (QED) is 0.748. The Morgan fingerprint density at radius 2 is 1.71 bits per heavy atom.